The molecule has 0 saturated carbocycles. The summed E-state index contributed by atoms with van der Waals surface area (Å²) in [6.07, 6.45) is 2.69. The molecule has 0 saturated heterocycles. The van der Waals surface area contributed by atoms with Gasteiger partial charge in [0.15, 0.2) is 0 Å². The van der Waals surface area contributed by atoms with Gasteiger partial charge in [-0.2, -0.15) is 5.26 Å². The summed E-state index contributed by atoms with van der Waals surface area (Å²) in [6.45, 7) is 1.90. The SMILES string of the molecule is CCCC(=O)Oc1ccc(/C=C(/C#N)c2ccccc2F)cc1. The highest BCUT2D eigenvalue weighted by Crippen LogP contribution is 2.22. The third-order valence-corrected chi connectivity index (χ3v) is 3.16. The van der Waals surface area contributed by atoms with E-state index in [9.17, 15) is 14.4 Å². The number of nitriles is 1. The zero-order valence-corrected chi connectivity index (χ0v) is 12.8. The second-order valence-corrected chi connectivity index (χ2v) is 4.94. The first-order chi connectivity index (χ1) is 11.1. The molecule has 2 rings (SSSR count). The number of benzene rings is 2. The lowest BCUT2D eigenvalue weighted by atomic mass is 10.0. The van der Waals surface area contributed by atoms with E-state index < -0.39 is 5.82 Å². The van der Waals surface area contributed by atoms with Crippen LogP contribution in [-0.4, -0.2) is 5.97 Å². The van der Waals surface area contributed by atoms with Crippen LogP contribution in [0.15, 0.2) is 48.5 Å². The van der Waals surface area contributed by atoms with Crippen molar-refractivity contribution in [3.05, 3.63) is 65.5 Å². The number of esters is 1. The van der Waals surface area contributed by atoms with Crippen molar-refractivity contribution in [2.24, 2.45) is 0 Å². The van der Waals surface area contributed by atoms with Gasteiger partial charge in [-0.05, 0) is 36.3 Å². The topological polar surface area (TPSA) is 50.1 Å². The molecule has 0 spiro atoms. The fourth-order valence-electron chi connectivity index (χ4n) is 2.04. The molecule has 23 heavy (non-hydrogen) atoms. The van der Waals surface area contributed by atoms with Crippen LogP contribution in [-0.2, 0) is 4.79 Å². The van der Waals surface area contributed by atoms with Gasteiger partial charge in [0.05, 0.1) is 11.6 Å². The molecule has 0 fully saturated rings. The molecule has 116 valence electrons. The zero-order valence-electron chi connectivity index (χ0n) is 12.8. The van der Waals surface area contributed by atoms with Gasteiger partial charge >= 0.3 is 5.97 Å². The molecular weight excluding hydrogens is 293 g/mol. The van der Waals surface area contributed by atoms with Crippen LogP contribution >= 0.6 is 0 Å². The van der Waals surface area contributed by atoms with Crippen molar-refractivity contribution in [3.8, 4) is 11.8 Å². The lowest BCUT2D eigenvalue weighted by Crippen LogP contribution is -2.06. The van der Waals surface area contributed by atoms with Gasteiger partial charge in [-0.3, -0.25) is 4.79 Å². The van der Waals surface area contributed by atoms with Gasteiger partial charge in [0.25, 0.3) is 0 Å². The van der Waals surface area contributed by atoms with Gasteiger partial charge < -0.3 is 4.74 Å². The van der Waals surface area contributed by atoms with Gasteiger partial charge in [0, 0.05) is 12.0 Å². The van der Waals surface area contributed by atoms with E-state index in [1.807, 2.05) is 13.0 Å². The van der Waals surface area contributed by atoms with Crippen LogP contribution in [0.25, 0.3) is 11.6 Å². The van der Waals surface area contributed by atoms with Crippen LogP contribution in [0.3, 0.4) is 0 Å². The number of hydrogen-bond donors (Lipinski definition) is 0. The van der Waals surface area contributed by atoms with Crippen LogP contribution < -0.4 is 4.74 Å². The molecule has 0 aromatic heterocycles. The standard InChI is InChI=1S/C19H16FNO2/c1-2-5-19(22)23-16-10-8-14(9-11-16)12-15(13-21)17-6-3-4-7-18(17)20/h3-4,6-12H,2,5H2,1H3/b15-12-. The highest BCUT2D eigenvalue weighted by Gasteiger charge is 2.07. The van der Waals surface area contributed by atoms with Crippen molar-refractivity contribution in [2.75, 3.05) is 0 Å². The van der Waals surface area contributed by atoms with Crippen LogP contribution in [0.4, 0.5) is 4.39 Å². The Balaban J connectivity index is 2.20. The molecule has 2 aromatic carbocycles. The Bertz CT molecular complexity index is 758. The summed E-state index contributed by atoms with van der Waals surface area (Å²) in [4.78, 5) is 11.4. The molecule has 0 aliphatic carbocycles. The number of carbonyl (C=O) groups is 1. The highest BCUT2D eigenvalue weighted by atomic mass is 19.1. The highest BCUT2D eigenvalue weighted by molar-refractivity contribution is 5.89. The molecule has 4 heteroatoms. The molecular formula is C19H16FNO2. The molecule has 0 heterocycles. The van der Waals surface area contributed by atoms with Crippen LogP contribution in [0, 0.1) is 17.1 Å². The number of halogens is 1. The largest absolute Gasteiger partial charge is 0.427 e. The van der Waals surface area contributed by atoms with Crippen molar-refractivity contribution in [3.63, 3.8) is 0 Å². The Kier molecular flexibility index (Phi) is 5.65. The minimum Gasteiger partial charge on any atom is -0.427 e. The van der Waals surface area contributed by atoms with E-state index in [2.05, 4.69) is 0 Å². The normalized spacial score (nSPS) is 10.9. The fraction of sp³-hybridized carbons (Fsp3) is 0.158. The fourth-order valence-corrected chi connectivity index (χ4v) is 2.04. The van der Waals surface area contributed by atoms with E-state index in [1.54, 1.807) is 48.5 Å². The van der Waals surface area contributed by atoms with Crippen LogP contribution in [0.5, 0.6) is 5.75 Å². The average Bonchev–Trinajstić information content (AvgIpc) is 2.55. The van der Waals surface area contributed by atoms with E-state index in [0.29, 0.717) is 12.2 Å². The molecule has 0 atom stereocenters. The maximum atomic E-state index is 13.8. The maximum Gasteiger partial charge on any atom is 0.311 e. The first-order valence-electron chi connectivity index (χ1n) is 7.31. The molecule has 0 aliphatic rings. The third-order valence-electron chi connectivity index (χ3n) is 3.16. The van der Waals surface area contributed by atoms with E-state index in [-0.39, 0.29) is 17.1 Å². The predicted octanol–water partition coefficient (Wildman–Crippen LogP) is 4.60. The molecule has 0 aliphatic heterocycles. The Morgan fingerprint density at radius 1 is 1.22 bits per heavy atom. The van der Waals surface area contributed by atoms with E-state index in [4.69, 9.17) is 4.74 Å². The molecule has 0 N–H and O–H groups in total. The summed E-state index contributed by atoms with van der Waals surface area (Å²) in [5.74, 6) is -0.268. The number of allylic oxidation sites excluding steroid dienone is 1. The third kappa shape index (κ3) is 4.52. The molecule has 0 unspecified atom stereocenters. The lowest BCUT2D eigenvalue weighted by Gasteiger charge is -2.04. The Morgan fingerprint density at radius 2 is 1.91 bits per heavy atom. The van der Waals surface area contributed by atoms with Gasteiger partial charge in [-0.1, -0.05) is 37.3 Å². The summed E-state index contributed by atoms with van der Waals surface area (Å²) >= 11 is 0. The van der Waals surface area contributed by atoms with E-state index in [1.165, 1.54) is 6.07 Å². The van der Waals surface area contributed by atoms with Gasteiger partial charge in [-0.25, -0.2) is 4.39 Å². The number of rotatable bonds is 5. The first-order valence-corrected chi connectivity index (χ1v) is 7.31. The Hall–Kier alpha value is -2.93. The quantitative estimate of drug-likeness (QED) is 0.351. The maximum absolute atomic E-state index is 13.8. The minimum absolute atomic E-state index is 0.235. The number of nitrogens with zero attached hydrogens (tertiary/aromatic N) is 1. The second-order valence-electron chi connectivity index (χ2n) is 4.94. The molecule has 3 nitrogen and oxygen atoms in total. The van der Waals surface area contributed by atoms with Crippen LogP contribution in [0.2, 0.25) is 0 Å². The van der Waals surface area contributed by atoms with Gasteiger partial charge in [0.1, 0.15) is 11.6 Å². The minimum atomic E-state index is -0.439. The van der Waals surface area contributed by atoms with Gasteiger partial charge in [0.2, 0.25) is 0 Å². The van der Waals surface area contributed by atoms with Crippen molar-refractivity contribution >= 4 is 17.6 Å². The first kappa shape index (κ1) is 16.4. The van der Waals surface area contributed by atoms with E-state index in [0.717, 1.165) is 12.0 Å². The van der Waals surface area contributed by atoms with Crippen molar-refractivity contribution in [1.82, 2.24) is 0 Å². The number of ether oxygens (including phenoxy) is 1. The molecule has 0 bridgehead atoms. The summed E-state index contributed by atoms with van der Waals surface area (Å²) in [7, 11) is 0. The Labute approximate surface area is 134 Å². The van der Waals surface area contributed by atoms with Gasteiger partial charge in [-0.15, -0.1) is 0 Å². The molecule has 0 amide bonds. The smallest absolute Gasteiger partial charge is 0.311 e. The van der Waals surface area contributed by atoms with E-state index >= 15 is 0 Å². The molecule has 0 radical (unpaired) electrons. The summed E-state index contributed by atoms with van der Waals surface area (Å²) in [5, 5.41) is 9.24. The lowest BCUT2D eigenvalue weighted by molar-refractivity contribution is -0.134. The number of carbonyl (C=O) groups excluding carboxylic acids is 1. The number of hydrogen-bond acceptors (Lipinski definition) is 3. The van der Waals surface area contributed by atoms with Crippen LogP contribution in [0.1, 0.15) is 30.9 Å². The van der Waals surface area contributed by atoms with Crippen molar-refractivity contribution in [2.45, 2.75) is 19.8 Å². The van der Waals surface area contributed by atoms with Crippen molar-refractivity contribution < 1.29 is 13.9 Å². The summed E-state index contributed by atoms with van der Waals surface area (Å²) in [5.41, 5.74) is 1.22. The second kappa shape index (κ2) is 7.90. The predicted molar refractivity (Wildman–Crippen MR) is 86.9 cm³/mol. The Morgan fingerprint density at radius 3 is 2.52 bits per heavy atom. The average molecular weight is 309 g/mol. The summed E-state index contributed by atoms with van der Waals surface area (Å²) in [6, 6.07) is 14.9. The zero-order chi connectivity index (χ0) is 16.7. The summed E-state index contributed by atoms with van der Waals surface area (Å²) < 4.78 is 18.9. The molecule has 2 aromatic rings. The van der Waals surface area contributed by atoms with Crippen molar-refractivity contribution in [1.29, 1.82) is 5.26 Å². The monoisotopic (exact) mass is 309 g/mol.